The van der Waals surface area contributed by atoms with Crippen molar-refractivity contribution in [3.63, 3.8) is 0 Å². The third-order valence-electron chi connectivity index (χ3n) is 3.48. The van der Waals surface area contributed by atoms with Gasteiger partial charge in [-0.15, -0.1) is 11.3 Å². The van der Waals surface area contributed by atoms with Gasteiger partial charge in [-0.25, -0.2) is 0 Å². The quantitative estimate of drug-likeness (QED) is 0.868. The van der Waals surface area contributed by atoms with Gasteiger partial charge in [-0.1, -0.05) is 18.9 Å². The van der Waals surface area contributed by atoms with Crippen LogP contribution >= 0.6 is 11.3 Å². The van der Waals surface area contributed by atoms with E-state index in [1.54, 1.807) is 11.3 Å². The van der Waals surface area contributed by atoms with Gasteiger partial charge >= 0.3 is 0 Å². The first-order chi connectivity index (χ1) is 8.18. The highest BCUT2D eigenvalue weighted by atomic mass is 32.1. The number of hydrogen-bond donors (Lipinski definition) is 2. The Morgan fingerprint density at radius 2 is 2.29 bits per heavy atom. The molecular formula is C13H20N2OS. The smallest absolute Gasteiger partial charge is 0.225 e. The molecule has 2 rings (SSSR count). The van der Waals surface area contributed by atoms with E-state index in [1.165, 1.54) is 4.88 Å². The Bertz CT molecular complexity index is 364. The van der Waals surface area contributed by atoms with Crippen LogP contribution in [-0.4, -0.2) is 11.9 Å². The van der Waals surface area contributed by atoms with Crippen LogP contribution in [0.5, 0.6) is 0 Å². The molecule has 0 saturated heterocycles. The number of carbonyl (C=O) groups is 1. The molecule has 17 heavy (non-hydrogen) atoms. The van der Waals surface area contributed by atoms with Gasteiger partial charge < -0.3 is 11.1 Å². The molecule has 0 spiro atoms. The Hall–Kier alpha value is -0.870. The molecule has 1 aromatic heterocycles. The molecule has 0 bridgehead atoms. The highest BCUT2D eigenvalue weighted by Gasteiger charge is 2.29. The van der Waals surface area contributed by atoms with Crippen molar-refractivity contribution in [2.75, 3.05) is 0 Å². The zero-order valence-electron chi connectivity index (χ0n) is 10.2. The van der Waals surface area contributed by atoms with Crippen LogP contribution in [0.2, 0.25) is 0 Å². The van der Waals surface area contributed by atoms with Crippen molar-refractivity contribution in [3.05, 3.63) is 22.4 Å². The van der Waals surface area contributed by atoms with Crippen LogP contribution in [-0.2, 0) is 4.79 Å². The first-order valence-corrected chi connectivity index (χ1v) is 7.16. The summed E-state index contributed by atoms with van der Waals surface area (Å²) in [6.07, 6.45) is 4.19. The fraction of sp³-hybridized carbons (Fsp3) is 0.615. The van der Waals surface area contributed by atoms with E-state index in [0.717, 1.165) is 25.7 Å². The summed E-state index contributed by atoms with van der Waals surface area (Å²) in [7, 11) is 0. The van der Waals surface area contributed by atoms with E-state index in [2.05, 4.69) is 11.4 Å². The molecule has 1 aromatic rings. The van der Waals surface area contributed by atoms with Crippen LogP contribution in [0.15, 0.2) is 17.5 Å². The Morgan fingerprint density at radius 3 is 2.94 bits per heavy atom. The molecule has 1 aliphatic carbocycles. The summed E-state index contributed by atoms with van der Waals surface area (Å²) >= 11 is 1.67. The maximum atomic E-state index is 12.1. The second-order valence-electron chi connectivity index (χ2n) is 4.80. The lowest BCUT2D eigenvalue weighted by Crippen LogP contribution is -2.44. The zero-order chi connectivity index (χ0) is 12.3. The van der Waals surface area contributed by atoms with Crippen molar-refractivity contribution in [1.29, 1.82) is 0 Å². The average molecular weight is 252 g/mol. The average Bonchev–Trinajstić information content (AvgIpc) is 2.82. The lowest BCUT2D eigenvalue weighted by Gasteiger charge is -2.28. The van der Waals surface area contributed by atoms with Gasteiger partial charge in [0.2, 0.25) is 5.91 Å². The van der Waals surface area contributed by atoms with Crippen molar-refractivity contribution < 1.29 is 4.79 Å². The van der Waals surface area contributed by atoms with Gasteiger partial charge in [-0.3, -0.25) is 4.79 Å². The molecule has 1 heterocycles. The molecule has 0 aliphatic heterocycles. The molecular weight excluding hydrogens is 232 g/mol. The first kappa shape index (κ1) is 12.6. The number of amides is 1. The van der Waals surface area contributed by atoms with Gasteiger partial charge in [0.25, 0.3) is 0 Å². The molecule has 1 amide bonds. The fourth-order valence-electron chi connectivity index (χ4n) is 2.41. The van der Waals surface area contributed by atoms with Gasteiger partial charge in [0.15, 0.2) is 0 Å². The molecule has 3 nitrogen and oxygen atoms in total. The fourth-order valence-corrected chi connectivity index (χ4v) is 3.15. The van der Waals surface area contributed by atoms with E-state index < -0.39 is 0 Å². The summed E-state index contributed by atoms with van der Waals surface area (Å²) < 4.78 is 0. The van der Waals surface area contributed by atoms with Crippen LogP contribution < -0.4 is 11.1 Å². The summed E-state index contributed by atoms with van der Waals surface area (Å²) in [5.41, 5.74) is 6.02. The van der Waals surface area contributed by atoms with Crippen molar-refractivity contribution in [2.45, 2.75) is 44.7 Å². The Kier molecular flexibility index (Phi) is 4.18. The van der Waals surface area contributed by atoms with Crippen molar-refractivity contribution in [1.82, 2.24) is 5.32 Å². The van der Waals surface area contributed by atoms with Crippen LogP contribution in [0.25, 0.3) is 0 Å². The molecule has 1 fully saturated rings. The Balaban J connectivity index is 1.92. The molecule has 1 saturated carbocycles. The second kappa shape index (κ2) is 5.65. The summed E-state index contributed by atoms with van der Waals surface area (Å²) in [6, 6.07) is 4.20. The monoisotopic (exact) mass is 252 g/mol. The number of thiophene rings is 1. The highest BCUT2D eigenvalue weighted by Crippen LogP contribution is 2.25. The van der Waals surface area contributed by atoms with Gasteiger partial charge in [0, 0.05) is 10.9 Å². The van der Waals surface area contributed by atoms with Gasteiger partial charge in [-0.2, -0.15) is 0 Å². The first-order valence-electron chi connectivity index (χ1n) is 6.28. The van der Waals surface area contributed by atoms with Gasteiger partial charge in [-0.05, 0) is 31.2 Å². The van der Waals surface area contributed by atoms with Crippen LogP contribution in [0.4, 0.5) is 0 Å². The number of rotatable bonds is 3. The number of nitrogens with one attached hydrogen (secondary N) is 1. The van der Waals surface area contributed by atoms with Crippen LogP contribution in [0.1, 0.15) is 43.5 Å². The Morgan fingerprint density at radius 1 is 1.53 bits per heavy atom. The van der Waals surface area contributed by atoms with E-state index in [0.29, 0.717) is 0 Å². The van der Waals surface area contributed by atoms with E-state index in [4.69, 9.17) is 5.73 Å². The van der Waals surface area contributed by atoms with Gasteiger partial charge in [0.1, 0.15) is 0 Å². The van der Waals surface area contributed by atoms with E-state index in [1.807, 2.05) is 18.4 Å². The largest absolute Gasteiger partial charge is 0.348 e. The molecule has 4 heteroatoms. The molecule has 0 aromatic carbocycles. The minimum atomic E-state index is 0.00571. The molecule has 0 radical (unpaired) electrons. The van der Waals surface area contributed by atoms with Gasteiger partial charge in [0.05, 0.1) is 12.0 Å². The third kappa shape index (κ3) is 3.07. The van der Waals surface area contributed by atoms with Crippen LogP contribution in [0, 0.1) is 5.92 Å². The summed E-state index contributed by atoms with van der Waals surface area (Å²) in [5, 5.41) is 5.11. The maximum Gasteiger partial charge on any atom is 0.225 e. The van der Waals surface area contributed by atoms with Crippen LogP contribution in [0.3, 0.4) is 0 Å². The predicted molar refractivity (Wildman–Crippen MR) is 70.8 cm³/mol. The normalized spacial score (nSPS) is 26.5. The highest BCUT2D eigenvalue weighted by molar-refractivity contribution is 7.10. The number of hydrogen-bond acceptors (Lipinski definition) is 3. The van der Waals surface area contributed by atoms with E-state index in [-0.39, 0.29) is 23.9 Å². The topological polar surface area (TPSA) is 55.1 Å². The third-order valence-corrected chi connectivity index (χ3v) is 4.54. The minimum absolute atomic E-state index is 0.00571. The van der Waals surface area contributed by atoms with Crippen molar-refractivity contribution >= 4 is 17.2 Å². The Labute approximate surface area is 106 Å². The molecule has 1 aliphatic rings. The summed E-state index contributed by atoms with van der Waals surface area (Å²) in [5.74, 6) is 0.129. The standard InChI is InChI=1S/C13H20N2OS/c1-9(12-7-4-8-17-12)15-13(16)10-5-2-3-6-11(10)14/h4,7-11H,2-3,5-6,14H2,1H3,(H,15,16)/t9-,10?,11?/m0/s1. The number of carbonyl (C=O) groups excluding carboxylic acids is 1. The molecule has 3 N–H and O–H groups in total. The van der Waals surface area contributed by atoms with Crippen molar-refractivity contribution in [3.8, 4) is 0 Å². The maximum absolute atomic E-state index is 12.1. The molecule has 2 unspecified atom stereocenters. The second-order valence-corrected chi connectivity index (χ2v) is 5.78. The predicted octanol–water partition coefficient (Wildman–Crippen LogP) is 2.44. The molecule has 94 valence electrons. The van der Waals surface area contributed by atoms with E-state index >= 15 is 0 Å². The minimum Gasteiger partial charge on any atom is -0.348 e. The van der Waals surface area contributed by atoms with E-state index in [9.17, 15) is 4.79 Å². The SMILES string of the molecule is C[C@H](NC(=O)C1CCCCC1N)c1cccs1. The lowest BCUT2D eigenvalue weighted by atomic mass is 9.84. The summed E-state index contributed by atoms with van der Waals surface area (Å²) in [4.78, 5) is 13.3. The zero-order valence-corrected chi connectivity index (χ0v) is 11.0. The number of nitrogens with two attached hydrogens (primary N) is 1. The lowest BCUT2D eigenvalue weighted by molar-refractivity contribution is -0.127. The molecule has 3 atom stereocenters. The summed E-state index contributed by atoms with van der Waals surface area (Å²) in [6.45, 7) is 2.03. The van der Waals surface area contributed by atoms with Crippen molar-refractivity contribution in [2.24, 2.45) is 11.7 Å².